The van der Waals surface area contributed by atoms with Crippen molar-refractivity contribution in [1.29, 1.82) is 0 Å². The van der Waals surface area contributed by atoms with Crippen molar-refractivity contribution in [3.05, 3.63) is 88.7 Å². The second-order valence-corrected chi connectivity index (χ2v) is 8.48. The van der Waals surface area contributed by atoms with E-state index in [1.807, 2.05) is 48.5 Å². The summed E-state index contributed by atoms with van der Waals surface area (Å²) in [5, 5.41) is 0. The molecule has 0 N–H and O–H groups in total. The van der Waals surface area contributed by atoms with Gasteiger partial charge in [-0.15, -0.1) is 0 Å². The first-order valence-corrected chi connectivity index (χ1v) is 11.1. The van der Waals surface area contributed by atoms with Gasteiger partial charge in [-0.1, -0.05) is 48.5 Å². The highest BCUT2D eigenvalue weighted by Crippen LogP contribution is 2.44. The van der Waals surface area contributed by atoms with Crippen LogP contribution in [0.25, 0.3) is 11.1 Å². The lowest BCUT2D eigenvalue weighted by Gasteiger charge is -2.24. The molecule has 1 atom stereocenters. The van der Waals surface area contributed by atoms with E-state index in [0.717, 1.165) is 27.2 Å². The molecule has 0 unspecified atom stereocenters. The maximum atomic E-state index is 13.9. The van der Waals surface area contributed by atoms with Crippen molar-refractivity contribution in [3.63, 3.8) is 0 Å². The Bertz CT molecular complexity index is 1300. The predicted octanol–water partition coefficient (Wildman–Crippen LogP) is 5.70. The molecule has 0 aromatic heterocycles. The number of likely N-dealkylation sites (tertiary alicyclic amines) is 1. The van der Waals surface area contributed by atoms with Crippen molar-refractivity contribution >= 4 is 12.1 Å². The van der Waals surface area contributed by atoms with Gasteiger partial charge in [0.1, 0.15) is 12.6 Å². The fourth-order valence-corrected chi connectivity index (χ4v) is 4.75. The van der Waals surface area contributed by atoms with Crippen LogP contribution in [0.3, 0.4) is 0 Å². The van der Waals surface area contributed by atoms with Crippen LogP contribution in [0.5, 0.6) is 5.75 Å². The molecule has 1 aliphatic carbocycles. The number of carbonyl (C=O) groups is 2. The molecule has 0 bridgehead atoms. The number of halogens is 5. The normalized spacial score (nSPS) is 16.6. The van der Waals surface area contributed by atoms with Crippen molar-refractivity contribution in [3.8, 4) is 16.9 Å². The Balaban J connectivity index is 1.31. The van der Waals surface area contributed by atoms with Gasteiger partial charge in [0, 0.05) is 12.5 Å². The Morgan fingerprint density at radius 1 is 0.806 bits per heavy atom. The molecule has 3 aromatic carbocycles. The van der Waals surface area contributed by atoms with E-state index in [1.54, 1.807) is 0 Å². The molecule has 1 heterocycles. The number of ether oxygens (including phenoxy) is 2. The molecule has 1 saturated heterocycles. The monoisotopic (exact) mass is 503 g/mol. The van der Waals surface area contributed by atoms with Gasteiger partial charge in [-0.25, -0.2) is 22.8 Å². The number of benzene rings is 3. The maximum Gasteiger partial charge on any atom is 0.410 e. The van der Waals surface area contributed by atoms with Crippen LogP contribution < -0.4 is 4.74 Å². The second-order valence-electron chi connectivity index (χ2n) is 8.48. The Labute approximate surface area is 202 Å². The summed E-state index contributed by atoms with van der Waals surface area (Å²) in [6.07, 6.45) is -0.437. The van der Waals surface area contributed by atoms with Crippen LogP contribution in [-0.4, -0.2) is 36.2 Å². The minimum atomic E-state index is -2.37. The lowest BCUT2D eigenvalue weighted by Crippen LogP contribution is -2.43. The molecule has 36 heavy (non-hydrogen) atoms. The van der Waals surface area contributed by atoms with E-state index in [1.165, 1.54) is 0 Å². The molecule has 10 heteroatoms. The van der Waals surface area contributed by atoms with Gasteiger partial charge in [0.25, 0.3) is 0 Å². The fourth-order valence-electron chi connectivity index (χ4n) is 4.75. The summed E-state index contributed by atoms with van der Waals surface area (Å²) >= 11 is 0. The van der Waals surface area contributed by atoms with Crippen LogP contribution in [0, 0.1) is 29.1 Å². The third-order valence-corrected chi connectivity index (χ3v) is 6.47. The number of nitrogens with zero attached hydrogens (tertiary/aromatic N) is 1. The molecule has 1 amide bonds. The van der Waals surface area contributed by atoms with E-state index in [2.05, 4.69) is 4.74 Å². The van der Waals surface area contributed by atoms with Crippen molar-refractivity contribution in [2.45, 2.75) is 24.8 Å². The van der Waals surface area contributed by atoms with Gasteiger partial charge in [0.2, 0.25) is 34.8 Å². The average molecular weight is 503 g/mol. The topological polar surface area (TPSA) is 55.8 Å². The van der Waals surface area contributed by atoms with Crippen LogP contribution in [0.2, 0.25) is 0 Å². The highest BCUT2D eigenvalue weighted by molar-refractivity contribution is 5.84. The van der Waals surface area contributed by atoms with Gasteiger partial charge >= 0.3 is 12.1 Å². The van der Waals surface area contributed by atoms with Crippen molar-refractivity contribution in [1.82, 2.24) is 4.90 Å². The molecule has 1 aliphatic heterocycles. The second kappa shape index (κ2) is 9.25. The van der Waals surface area contributed by atoms with E-state index in [-0.39, 0.29) is 25.5 Å². The molecule has 186 valence electrons. The van der Waals surface area contributed by atoms with Crippen molar-refractivity contribution in [2.75, 3.05) is 13.2 Å². The SMILES string of the molecule is O=C(Oc1c(F)c(F)c(F)c(F)c1F)[C@H]1CCCN1C(=O)OCC1c2ccccc2-c2ccccc21. The molecule has 3 aromatic rings. The lowest BCUT2D eigenvalue weighted by atomic mass is 9.98. The van der Waals surface area contributed by atoms with Crippen LogP contribution in [0.4, 0.5) is 26.7 Å². The number of fused-ring (bicyclic) bond motifs is 3. The van der Waals surface area contributed by atoms with Crippen LogP contribution >= 0.6 is 0 Å². The number of hydrogen-bond donors (Lipinski definition) is 0. The van der Waals surface area contributed by atoms with Gasteiger partial charge in [-0.2, -0.15) is 8.78 Å². The number of carbonyl (C=O) groups excluding carboxylic acids is 2. The van der Waals surface area contributed by atoms with Gasteiger partial charge < -0.3 is 9.47 Å². The quantitative estimate of drug-likeness (QED) is 0.151. The van der Waals surface area contributed by atoms with E-state index in [0.29, 0.717) is 6.42 Å². The summed E-state index contributed by atoms with van der Waals surface area (Å²) in [6.45, 7) is 0.0658. The number of rotatable bonds is 4. The molecule has 2 aliphatic rings. The molecule has 0 radical (unpaired) electrons. The van der Waals surface area contributed by atoms with Crippen LogP contribution in [0.1, 0.15) is 29.9 Å². The van der Waals surface area contributed by atoms with E-state index in [9.17, 15) is 31.5 Å². The van der Waals surface area contributed by atoms with Crippen LogP contribution in [0.15, 0.2) is 48.5 Å². The van der Waals surface area contributed by atoms with Gasteiger partial charge in [-0.05, 0) is 35.1 Å². The molecule has 0 spiro atoms. The third kappa shape index (κ3) is 3.86. The Morgan fingerprint density at radius 3 is 1.92 bits per heavy atom. The first-order valence-electron chi connectivity index (χ1n) is 11.1. The van der Waals surface area contributed by atoms with Crippen LogP contribution in [-0.2, 0) is 9.53 Å². The zero-order chi connectivity index (χ0) is 25.6. The van der Waals surface area contributed by atoms with Gasteiger partial charge in [0.15, 0.2) is 0 Å². The smallest absolute Gasteiger partial charge is 0.410 e. The zero-order valence-electron chi connectivity index (χ0n) is 18.6. The lowest BCUT2D eigenvalue weighted by molar-refractivity contribution is -0.139. The molecule has 5 nitrogen and oxygen atoms in total. The summed E-state index contributed by atoms with van der Waals surface area (Å²) in [5.41, 5.74) is 4.02. The third-order valence-electron chi connectivity index (χ3n) is 6.47. The molecular weight excluding hydrogens is 485 g/mol. The van der Waals surface area contributed by atoms with Crippen molar-refractivity contribution < 1.29 is 41.0 Å². The van der Waals surface area contributed by atoms with E-state index >= 15 is 0 Å². The number of amides is 1. The molecule has 0 saturated carbocycles. The van der Waals surface area contributed by atoms with Crippen molar-refractivity contribution in [2.24, 2.45) is 0 Å². The molecule has 1 fully saturated rings. The Kier molecular flexibility index (Phi) is 6.11. The summed E-state index contributed by atoms with van der Waals surface area (Å²) in [6, 6.07) is 14.1. The first-order chi connectivity index (χ1) is 17.3. The highest BCUT2D eigenvalue weighted by Gasteiger charge is 2.39. The summed E-state index contributed by atoms with van der Waals surface area (Å²) < 4.78 is 78.1. The zero-order valence-corrected chi connectivity index (χ0v) is 18.6. The summed E-state index contributed by atoms with van der Waals surface area (Å²) in [7, 11) is 0. The Morgan fingerprint density at radius 2 is 1.33 bits per heavy atom. The highest BCUT2D eigenvalue weighted by atomic mass is 19.2. The Hall–Kier alpha value is -3.95. The summed E-state index contributed by atoms with van der Waals surface area (Å²) in [5.74, 6) is -14.7. The maximum absolute atomic E-state index is 13.9. The number of esters is 1. The van der Waals surface area contributed by atoms with Gasteiger partial charge in [0.05, 0.1) is 0 Å². The minimum absolute atomic E-state index is 0.0250. The van der Waals surface area contributed by atoms with E-state index in [4.69, 9.17) is 4.74 Å². The van der Waals surface area contributed by atoms with Gasteiger partial charge in [-0.3, -0.25) is 4.90 Å². The average Bonchev–Trinajstić information content (AvgIpc) is 3.51. The molecule has 5 rings (SSSR count). The minimum Gasteiger partial charge on any atom is -0.448 e. The largest absolute Gasteiger partial charge is 0.448 e. The van der Waals surface area contributed by atoms with E-state index < -0.39 is 52.9 Å². The first kappa shape index (κ1) is 23.8. The predicted molar refractivity (Wildman–Crippen MR) is 117 cm³/mol. The fraction of sp³-hybridized carbons (Fsp3) is 0.231. The standard InChI is InChI=1S/C26H18F5NO4/c27-19-20(28)22(30)24(23(31)21(19)29)36-25(33)18-10-5-11-32(18)26(34)35-12-17-15-8-3-1-6-13(15)14-7-2-4-9-16(14)17/h1-4,6-9,17-18H,5,10-12H2/t18-/m1/s1. The summed E-state index contributed by atoms with van der Waals surface area (Å²) in [4.78, 5) is 26.5. The number of hydrogen-bond acceptors (Lipinski definition) is 4. The molecular formula is C26H18F5NO4.